The Kier molecular flexibility index (Phi) is 3.25. The number of aliphatic imine (C=N–C) groups is 1. The fourth-order valence-electron chi connectivity index (χ4n) is 2.29. The molecule has 0 aliphatic carbocycles. The molecule has 0 bridgehead atoms. The van der Waals surface area contributed by atoms with Crippen molar-refractivity contribution in [3.05, 3.63) is 56.7 Å². The third-order valence-corrected chi connectivity index (χ3v) is 3.58. The number of fused-ring (bicyclic) bond motifs is 1. The van der Waals surface area contributed by atoms with Crippen LogP contribution in [0.4, 0.5) is 5.95 Å². The van der Waals surface area contributed by atoms with Crippen molar-refractivity contribution in [3.8, 4) is 0 Å². The van der Waals surface area contributed by atoms with Crippen LogP contribution < -0.4 is 11.2 Å². The zero-order valence-corrected chi connectivity index (χ0v) is 12.5. The van der Waals surface area contributed by atoms with E-state index in [9.17, 15) is 9.59 Å². The fourth-order valence-corrected chi connectivity index (χ4v) is 2.29. The molecule has 2 aromatic heterocycles. The topological polar surface area (TPSA) is 74.2 Å². The SMILES string of the molecule is Cn1c(=O)c2c(nc(N=Cc3ccccc3)n2C)n(C)c1=O. The molecule has 0 amide bonds. The van der Waals surface area contributed by atoms with E-state index < -0.39 is 5.69 Å². The maximum atomic E-state index is 12.2. The number of nitrogens with zero attached hydrogens (tertiary/aromatic N) is 5. The van der Waals surface area contributed by atoms with Gasteiger partial charge in [-0.05, 0) is 5.56 Å². The number of benzene rings is 1. The number of aryl methyl sites for hydroxylation is 2. The van der Waals surface area contributed by atoms with Crippen molar-refractivity contribution < 1.29 is 0 Å². The minimum atomic E-state index is -0.408. The molecule has 0 unspecified atom stereocenters. The highest BCUT2D eigenvalue weighted by Crippen LogP contribution is 2.15. The van der Waals surface area contributed by atoms with Crippen LogP contribution in [0.3, 0.4) is 0 Å². The summed E-state index contributed by atoms with van der Waals surface area (Å²) < 4.78 is 4.00. The largest absolute Gasteiger partial charge is 0.332 e. The van der Waals surface area contributed by atoms with Gasteiger partial charge in [-0.3, -0.25) is 13.9 Å². The molecule has 7 heteroatoms. The van der Waals surface area contributed by atoms with Crippen molar-refractivity contribution >= 4 is 23.3 Å². The van der Waals surface area contributed by atoms with Crippen LogP contribution in [0.2, 0.25) is 0 Å². The van der Waals surface area contributed by atoms with Crippen molar-refractivity contribution in [2.45, 2.75) is 0 Å². The molecular formula is C15H15N5O2. The summed E-state index contributed by atoms with van der Waals surface area (Å²) in [5, 5.41) is 0. The smallest absolute Gasteiger partial charge is 0.306 e. The standard InChI is InChI=1S/C15H15N5O2/c1-18-11-12(19(2)15(22)20(3)13(11)21)17-14(18)16-9-10-7-5-4-6-8-10/h4-9H,1-3H3. The van der Waals surface area contributed by atoms with E-state index in [1.54, 1.807) is 24.9 Å². The molecule has 2 heterocycles. The van der Waals surface area contributed by atoms with Crippen molar-refractivity contribution in [1.29, 1.82) is 0 Å². The van der Waals surface area contributed by atoms with Gasteiger partial charge < -0.3 is 4.57 Å². The monoisotopic (exact) mass is 297 g/mol. The van der Waals surface area contributed by atoms with Gasteiger partial charge in [0.05, 0.1) is 0 Å². The summed E-state index contributed by atoms with van der Waals surface area (Å²) in [6, 6.07) is 9.58. The van der Waals surface area contributed by atoms with Crippen LogP contribution in [0.15, 0.2) is 44.9 Å². The van der Waals surface area contributed by atoms with Gasteiger partial charge in [-0.15, -0.1) is 0 Å². The van der Waals surface area contributed by atoms with Crippen LogP contribution in [0, 0.1) is 0 Å². The summed E-state index contributed by atoms with van der Waals surface area (Å²) in [6.07, 6.45) is 1.67. The first-order chi connectivity index (χ1) is 10.5. The van der Waals surface area contributed by atoms with Crippen molar-refractivity contribution in [2.75, 3.05) is 0 Å². The fraction of sp³-hybridized carbons (Fsp3) is 0.200. The molecule has 22 heavy (non-hydrogen) atoms. The van der Waals surface area contributed by atoms with E-state index in [4.69, 9.17) is 0 Å². The van der Waals surface area contributed by atoms with Gasteiger partial charge in [-0.2, -0.15) is 4.98 Å². The van der Waals surface area contributed by atoms with Crippen LogP contribution in [0.5, 0.6) is 0 Å². The van der Waals surface area contributed by atoms with Crippen LogP contribution >= 0.6 is 0 Å². The third-order valence-electron chi connectivity index (χ3n) is 3.58. The van der Waals surface area contributed by atoms with Crippen molar-refractivity contribution in [1.82, 2.24) is 18.7 Å². The zero-order chi connectivity index (χ0) is 15.9. The predicted octanol–water partition coefficient (Wildman–Crippen LogP) is 0.721. The van der Waals surface area contributed by atoms with Crippen LogP contribution in [0.25, 0.3) is 11.2 Å². The molecule has 0 aliphatic heterocycles. The summed E-state index contributed by atoms with van der Waals surface area (Å²) in [7, 11) is 4.74. The van der Waals surface area contributed by atoms with E-state index in [-0.39, 0.29) is 5.56 Å². The maximum absolute atomic E-state index is 12.2. The van der Waals surface area contributed by atoms with Crippen molar-refractivity contribution in [3.63, 3.8) is 0 Å². The van der Waals surface area contributed by atoms with Crippen LogP contribution in [0.1, 0.15) is 5.56 Å². The number of aromatic nitrogens is 4. The summed E-state index contributed by atoms with van der Waals surface area (Å²) in [5.41, 5.74) is 0.820. The molecule has 3 aromatic rings. The molecule has 0 saturated heterocycles. The van der Waals surface area contributed by atoms with Crippen LogP contribution in [-0.4, -0.2) is 24.9 Å². The van der Waals surface area contributed by atoms with Gasteiger partial charge in [0.1, 0.15) is 0 Å². The highest BCUT2D eigenvalue weighted by molar-refractivity contribution is 5.82. The Labute approximate surface area is 125 Å². The highest BCUT2D eigenvalue weighted by atomic mass is 16.2. The van der Waals surface area contributed by atoms with E-state index in [1.165, 1.54) is 11.6 Å². The lowest BCUT2D eigenvalue weighted by atomic mass is 10.2. The molecule has 1 aromatic carbocycles. The molecule has 3 rings (SSSR count). The Hall–Kier alpha value is -2.96. The van der Waals surface area contributed by atoms with E-state index >= 15 is 0 Å². The van der Waals surface area contributed by atoms with Crippen molar-refractivity contribution in [2.24, 2.45) is 26.1 Å². The molecule has 7 nitrogen and oxygen atoms in total. The van der Waals surface area contributed by atoms with Crippen LogP contribution in [-0.2, 0) is 21.1 Å². The normalized spacial score (nSPS) is 11.6. The van der Waals surface area contributed by atoms with Gasteiger partial charge in [0, 0.05) is 27.4 Å². The molecular weight excluding hydrogens is 282 g/mol. The summed E-state index contributed by atoms with van der Waals surface area (Å²) in [5.74, 6) is 0.372. The Morgan fingerprint density at radius 2 is 1.68 bits per heavy atom. The number of hydrogen-bond donors (Lipinski definition) is 0. The Morgan fingerprint density at radius 3 is 2.36 bits per heavy atom. The number of hydrogen-bond acceptors (Lipinski definition) is 4. The summed E-state index contributed by atoms with van der Waals surface area (Å²) in [4.78, 5) is 32.8. The molecule has 0 aliphatic rings. The average Bonchev–Trinajstić information content (AvgIpc) is 2.87. The van der Waals surface area contributed by atoms with Gasteiger partial charge >= 0.3 is 5.69 Å². The molecule has 0 radical (unpaired) electrons. The maximum Gasteiger partial charge on any atom is 0.332 e. The quantitative estimate of drug-likeness (QED) is 0.654. The first-order valence-electron chi connectivity index (χ1n) is 6.72. The van der Waals surface area contributed by atoms with Gasteiger partial charge in [-0.25, -0.2) is 9.79 Å². The summed E-state index contributed by atoms with van der Waals surface area (Å²) in [6.45, 7) is 0. The van der Waals surface area contributed by atoms with E-state index in [1.807, 2.05) is 30.3 Å². The first kappa shape index (κ1) is 14.0. The first-order valence-corrected chi connectivity index (χ1v) is 6.72. The lowest BCUT2D eigenvalue weighted by Crippen LogP contribution is -2.37. The Bertz CT molecular complexity index is 993. The molecule has 0 atom stereocenters. The second kappa shape index (κ2) is 5.10. The van der Waals surface area contributed by atoms with Gasteiger partial charge in [0.2, 0.25) is 5.95 Å². The molecule has 0 saturated carbocycles. The summed E-state index contributed by atoms with van der Waals surface area (Å²) >= 11 is 0. The lowest BCUT2D eigenvalue weighted by molar-refractivity contribution is 0.705. The second-order valence-corrected chi connectivity index (χ2v) is 5.02. The van der Waals surface area contributed by atoms with E-state index in [2.05, 4.69) is 9.98 Å². The number of imidazole rings is 1. The number of rotatable bonds is 2. The molecule has 0 N–H and O–H groups in total. The molecule has 112 valence electrons. The Balaban J connectivity index is 2.21. The molecule has 0 fully saturated rings. The van der Waals surface area contributed by atoms with Gasteiger partial charge in [0.25, 0.3) is 5.56 Å². The highest BCUT2D eigenvalue weighted by Gasteiger charge is 2.16. The average molecular weight is 297 g/mol. The predicted molar refractivity (Wildman–Crippen MR) is 84.9 cm³/mol. The van der Waals surface area contributed by atoms with Gasteiger partial charge in [0.15, 0.2) is 11.2 Å². The van der Waals surface area contributed by atoms with Gasteiger partial charge in [-0.1, -0.05) is 30.3 Å². The van der Waals surface area contributed by atoms with E-state index in [0.29, 0.717) is 17.1 Å². The Morgan fingerprint density at radius 1 is 1.00 bits per heavy atom. The zero-order valence-electron chi connectivity index (χ0n) is 12.5. The minimum absolute atomic E-state index is 0.329. The van der Waals surface area contributed by atoms with E-state index in [0.717, 1.165) is 10.1 Å². The molecule has 0 spiro atoms. The second-order valence-electron chi connectivity index (χ2n) is 5.02. The third kappa shape index (κ3) is 2.07. The lowest BCUT2D eigenvalue weighted by Gasteiger charge is -2.02. The minimum Gasteiger partial charge on any atom is -0.306 e.